The molecule has 0 aliphatic rings. The molecule has 0 aliphatic heterocycles. The molecule has 26 heavy (non-hydrogen) atoms. The lowest BCUT2D eigenvalue weighted by atomic mass is 10.1. The third-order valence-electron chi connectivity index (χ3n) is 3.85. The molecule has 0 saturated heterocycles. The van der Waals surface area contributed by atoms with Gasteiger partial charge in [-0.1, -0.05) is 19.9 Å². The van der Waals surface area contributed by atoms with E-state index in [1.165, 1.54) is 17.8 Å². The minimum Gasteiger partial charge on any atom is -0.322 e. The van der Waals surface area contributed by atoms with Crippen LogP contribution in [-0.4, -0.2) is 16.6 Å². The summed E-state index contributed by atoms with van der Waals surface area (Å²) in [6, 6.07) is 10.4. The van der Waals surface area contributed by atoms with Crippen molar-refractivity contribution in [3.8, 4) is 0 Å². The summed E-state index contributed by atoms with van der Waals surface area (Å²) in [5.74, 6) is 1.01. The van der Waals surface area contributed by atoms with E-state index in [9.17, 15) is 14.9 Å². The minimum atomic E-state index is -0.425. The quantitative estimate of drug-likeness (QED) is 0.390. The maximum Gasteiger partial charge on any atom is 0.283 e. The van der Waals surface area contributed by atoms with Gasteiger partial charge in [0.05, 0.1) is 9.82 Å². The van der Waals surface area contributed by atoms with E-state index in [1.807, 2.05) is 32.0 Å². The van der Waals surface area contributed by atoms with Crippen LogP contribution in [0.15, 0.2) is 41.3 Å². The number of nitrogens with one attached hydrogen (secondary N) is 1. The first-order chi connectivity index (χ1) is 12.3. The van der Waals surface area contributed by atoms with Gasteiger partial charge in [0.1, 0.15) is 0 Å². The number of nitrogens with zero attached hydrogens (tertiary/aromatic N) is 1. The average molecular weight is 372 g/mol. The van der Waals surface area contributed by atoms with Crippen LogP contribution in [0.3, 0.4) is 0 Å². The number of nitro benzene ring substituents is 1. The lowest BCUT2D eigenvalue weighted by Crippen LogP contribution is -2.12. The van der Waals surface area contributed by atoms with Crippen LogP contribution in [0.25, 0.3) is 0 Å². The molecule has 0 bridgehead atoms. The Hall–Kier alpha value is -2.34. The fourth-order valence-electron chi connectivity index (χ4n) is 2.58. The van der Waals surface area contributed by atoms with Gasteiger partial charge in [0.15, 0.2) is 0 Å². The number of carbonyl (C=O) groups is 1. The summed E-state index contributed by atoms with van der Waals surface area (Å²) >= 11 is 1.46. The van der Waals surface area contributed by atoms with Gasteiger partial charge in [0, 0.05) is 17.3 Å². The van der Waals surface area contributed by atoms with E-state index in [0.29, 0.717) is 16.5 Å². The molecule has 6 heteroatoms. The molecular weight excluding hydrogens is 348 g/mol. The Balaban J connectivity index is 2.19. The van der Waals surface area contributed by atoms with E-state index in [4.69, 9.17) is 0 Å². The zero-order valence-corrected chi connectivity index (χ0v) is 16.4. The lowest BCUT2D eigenvalue weighted by Gasteiger charge is -2.09. The number of rotatable bonds is 7. The first-order valence-electron chi connectivity index (χ1n) is 8.57. The van der Waals surface area contributed by atoms with E-state index >= 15 is 0 Å². The first kappa shape index (κ1) is 20.0. The molecule has 2 aromatic rings. The van der Waals surface area contributed by atoms with Crippen molar-refractivity contribution >= 4 is 29.0 Å². The van der Waals surface area contributed by atoms with Crippen molar-refractivity contribution < 1.29 is 9.72 Å². The second-order valence-corrected chi connectivity index (χ2v) is 7.94. The standard InChI is InChI=1S/C20H24N2O3S/c1-13(2)7-8-26-19-6-5-16(12-18(19)22(24)25)20(23)21-17-10-14(3)9-15(4)11-17/h5-6,9-13H,7-8H2,1-4H3,(H,21,23). The highest BCUT2D eigenvalue weighted by molar-refractivity contribution is 7.99. The largest absolute Gasteiger partial charge is 0.322 e. The van der Waals surface area contributed by atoms with Gasteiger partial charge in [-0.3, -0.25) is 14.9 Å². The molecule has 0 aromatic heterocycles. The first-order valence-corrected chi connectivity index (χ1v) is 9.55. The minimum absolute atomic E-state index is 0.0215. The van der Waals surface area contributed by atoms with E-state index in [1.54, 1.807) is 12.1 Å². The van der Waals surface area contributed by atoms with Gasteiger partial charge in [-0.15, -0.1) is 11.8 Å². The van der Waals surface area contributed by atoms with E-state index < -0.39 is 4.92 Å². The monoisotopic (exact) mass is 372 g/mol. The number of hydrogen-bond donors (Lipinski definition) is 1. The van der Waals surface area contributed by atoms with Gasteiger partial charge < -0.3 is 5.32 Å². The number of nitro groups is 1. The summed E-state index contributed by atoms with van der Waals surface area (Å²) in [5.41, 5.74) is 3.03. The Morgan fingerprint density at radius 3 is 2.38 bits per heavy atom. The van der Waals surface area contributed by atoms with Gasteiger partial charge in [-0.2, -0.15) is 0 Å². The molecule has 1 N–H and O–H groups in total. The van der Waals surface area contributed by atoms with Gasteiger partial charge in [0.2, 0.25) is 0 Å². The van der Waals surface area contributed by atoms with Gasteiger partial charge >= 0.3 is 0 Å². The third-order valence-corrected chi connectivity index (χ3v) is 4.95. The number of thioether (sulfide) groups is 1. The van der Waals surface area contributed by atoms with Crippen molar-refractivity contribution in [3.63, 3.8) is 0 Å². The molecule has 5 nitrogen and oxygen atoms in total. The van der Waals surface area contributed by atoms with Crippen molar-refractivity contribution in [3.05, 3.63) is 63.2 Å². The van der Waals surface area contributed by atoms with E-state index in [2.05, 4.69) is 19.2 Å². The average Bonchev–Trinajstić information content (AvgIpc) is 2.53. The summed E-state index contributed by atoms with van der Waals surface area (Å²) in [7, 11) is 0. The molecule has 0 heterocycles. The molecule has 0 atom stereocenters. The summed E-state index contributed by atoms with van der Waals surface area (Å²) in [4.78, 5) is 24.1. The van der Waals surface area contributed by atoms with Crippen molar-refractivity contribution in [1.29, 1.82) is 0 Å². The Kier molecular flexibility index (Phi) is 6.80. The predicted octanol–water partition coefficient (Wildman–Crippen LogP) is 5.60. The zero-order valence-electron chi connectivity index (χ0n) is 15.5. The fraction of sp³-hybridized carbons (Fsp3) is 0.350. The maximum absolute atomic E-state index is 12.5. The Morgan fingerprint density at radius 2 is 1.81 bits per heavy atom. The molecule has 0 saturated carbocycles. The topological polar surface area (TPSA) is 72.2 Å². The summed E-state index contributed by atoms with van der Waals surface area (Å²) in [6.07, 6.45) is 0.983. The Labute approximate surface area is 158 Å². The summed E-state index contributed by atoms with van der Waals surface area (Å²) in [6.45, 7) is 8.15. The highest BCUT2D eigenvalue weighted by Crippen LogP contribution is 2.31. The van der Waals surface area contributed by atoms with Crippen molar-refractivity contribution in [2.45, 2.75) is 39.0 Å². The van der Waals surface area contributed by atoms with Crippen LogP contribution in [0.4, 0.5) is 11.4 Å². The summed E-state index contributed by atoms with van der Waals surface area (Å²) < 4.78 is 0. The van der Waals surface area contributed by atoms with Crippen LogP contribution in [-0.2, 0) is 0 Å². The normalized spacial score (nSPS) is 10.8. The third kappa shape index (κ3) is 5.59. The SMILES string of the molecule is Cc1cc(C)cc(NC(=O)c2ccc(SCCC(C)C)c([N+](=O)[O-])c2)c1. The van der Waals surface area contributed by atoms with Crippen LogP contribution < -0.4 is 5.32 Å². The molecular formula is C20H24N2O3S. The van der Waals surface area contributed by atoms with Crippen LogP contribution in [0, 0.1) is 29.9 Å². The molecule has 0 radical (unpaired) electrons. The molecule has 0 fully saturated rings. The van der Waals surface area contributed by atoms with Gasteiger partial charge in [-0.25, -0.2) is 0 Å². The summed E-state index contributed by atoms with van der Waals surface area (Å²) in [5, 5.41) is 14.2. The molecule has 0 spiro atoms. The van der Waals surface area contributed by atoms with Crippen molar-refractivity contribution in [1.82, 2.24) is 0 Å². The smallest absolute Gasteiger partial charge is 0.283 e. The van der Waals surface area contributed by atoms with Crippen molar-refractivity contribution in [2.24, 2.45) is 5.92 Å². The number of carbonyl (C=O) groups excluding carboxylic acids is 1. The van der Waals surface area contributed by atoms with Gasteiger partial charge in [-0.05, 0) is 67.3 Å². The molecule has 2 aromatic carbocycles. The number of benzene rings is 2. The number of hydrogen-bond acceptors (Lipinski definition) is 4. The Morgan fingerprint density at radius 1 is 1.15 bits per heavy atom. The number of anilines is 1. The van der Waals surface area contributed by atoms with E-state index in [-0.39, 0.29) is 17.2 Å². The fourth-order valence-corrected chi connectivity index (χ4v) is 3.83. The number of amides is 1. The van der Waals surface area contributed by atoms with Crippen LogP contribution in [0.5, 0.6) is 0 Å². The van der Waals surface area contributed by atoms with Crippen LogP contribution in [0.2, 0.25) is 0 Å². The van der Waals surface area contributed by atoms with Crippen molar-refractivity contribution in [2.75, 3.05) is 11.1 Å². The second kappa shape index (κ2) is 8.85. The van der Waals surface area contributed by atoms with Crippen LogP contribution >= 0.6 is 11.8 Å². The molecule has 2 rings (SSSR count). The maximum atomic E-state index is 12.5. The van der Waals surface area contributed by atoms with Crippen LogP contribution in [0.1, 0.15) is 41.8 Å². The molecule has 138 valence electrons. The predicted molar refractivity (Wildman–Crippen MR) is 107 cm³/mol. The Bertz CT molecular complexity index is 798. The van der Waals surface area contributed by atoms with E-state index in [0.717, 1.165) is 23.3 Å². The van der Waals surface area contributed by atoms with Gasteiger partial charge in [0.25, 0.3) is 11.6 Å². The highest BCUT2D eigenvalue weighted by Gasteiger charge is 2.18. The molecule has 0 unspecified atom stereocenters. The molecule has 0 aliphatic carbocycles. The number of aryl methyl sites for hydroxylation is 2. The molecule has 1 amide bonds. The second-order valence-electron chi connectivity index (χ2n) is 6.80. The lowest BCUT2D eigenvalue weighted by molar-refractivity contribution is -0.387. The zero-order chi connectivity index (χ0) is 19.3. The highest BCUT2D eigenvalue weighted by atomic mass is 32.2.